The van der Waals surface area contributed by atoms with Crippen LogP contribution >= 0.6 is 0 Å². The fraction of sp³-hybridized carbons (Fsp3) is 0.0600. The Morgan fingerprint density at radius 1 is 0.441 bits per heavy atom. The summed E-state index contributed by atoms with van der Waals surface area (Å²) in [6, 6.07) is 39.7. The van der Waals surface area contributed by atoms with Crippen LogP contribution in [0, 0.1) is 0 Å². The molecule has 2 N–H and O–H groups in total. The molecule has 0 saturated carbocycles. The number of aromatic nitrogens is 4. The second-order valence-corrected chi connectivity index (χ2v) is 13.8. The smallest absolute Gasteiger partial charge is 0.335 e. The third-order valence-electron chi connectivity index (χ3n) is 10.4. The number of fused-ring (bicyclic) bond motifs is 8. The van der Waals surface area contributed by atoms with Gasteiger partial charge in [-0.3, -0.25) is 0 Å². The molecule has 7 aromatic rings. The van der Waals surface area contributed by atoms with Crippen molar-refractivity contribution in [3.05, 3.63) is 157 Å². The maximum Gasteiger partial charge on any atom is 0.335 e. The molecule has 0 unspecified atom stereocenters. The standard InChI is InChI=1S/C50H38N4O5/c1-5-46(55)59-37-20-12-33(13-21-37)50-44-28-26-42(53-44)48(31-8-16-35(57-3)17-9-31)40-24-22-38(51-40)47(30-6-14-34(56-2)15-7-30)39-23-25-41(52-39)49(43-27-29-45(50)54-43)32-10-18-36(58-4)19-11-32/h5-29,51,54H,1H2,2-4H3. The van der Waals surface area contributed by atoms with E-state index in [0.29, 0.717) is 5.75 Å². The van der Waals surface area contributed by atoms with Crippen molar-refractivity contribution in [2.45, 2.75) is 0 Å². The third kappa shape index (κ3) is 7.06. The number of esters is 1. The van der Waals surface area contributed by atoms with Crippen LogP contribution in [0.5, 0.6) is 23.0 Å². The van der Waals surface area contributed by atoms with Crippen LogP contribution in [0.3, 0.4) is 0 Å². The highest BCUT2D eigenvalue weighted by atomic mass is 16.5. The quantitative estimate of drug-likeness (QED) is 0.0853. The van der Waals surface area contributed by atoms with Crippen LogP contribution in [0.2, 0.25) is 0 Å². The molecule has 4 aromatic carbocycles. The van der Waals surface area contributed by atoms with Gasteiger partial charge in [-0.2, -0.15) is 0 Å². The van der Waals surface area contributed by atoms with Crippen molar-refractivity contribution < 1.29 is 23.7 Å². The maximum absolute atomic E-state index is 12.0. The van der Waals surface area contributed by atoms with Crippen LogP contribution in [-0.2, 0) is 4.79 Å². The molecule has 0 radical (unpaired) electrons. The molecule has 9 rings (SSSR count). The third-order valence-corrected chi connectivity index (χ3v) is 10.4. The van der Waals surface area contributed by atoms with Crippen LogP contribution in [0.4, 0.5) is 0 Å². The minimum atomic E-state index is -0.528. The van der Waals surface area contributed by atoms with E-state index >= 15 is 0 Å². The molecule has 9 nitrogen and oxygen atoms in total. The average Bonchev–Trinajstić information content (AvgIpc) is 4.13. The molecule has 0 aliphatic carbocycles. The fourth-order valence-electron chi connectivity index (χ4n) is 7.54. The minimum Gasteiger partial charge on any atom is -0.497 e. The lowest BCUT2D eigenvalue weighted by Gasteiger charge is -2.08. The van der Waals surface area contributed by atoms with Gasteiger partial charge in [0.25, 0.3) is 0 Å². The predicted molar refractivity (Wildman–Crippen MR) is 236 cm³/mol. The minimum absolute atomic E-state index is 0.410. The van der Waals surface area contributed by atoms with Crippen molar-refractivity contribution in [2.24, 2.45) is 0 Å². The van der Waals surface area contributed by atoms with Crippen molar-refractivity contribution in [1.29, 1.82) is 0 Å². The number of hydrogen-bond acceptors (Lipinski definition) is 7. The first kappa shape index (κ1) is 36.7. The molecule has 59 heavy (non-hydrogen) atoms. The summed E-state index contributed by atoms with van der Waals surface area (Å²) >= 11 is 0. The van der Waals surface area contributed by atoms with Crippen LogP contribution in [0.25, 0.3) is 90.9 Å². The Morgan fingerprint density at radius 2 is 0.712 bits per heavy atom. The maximum atomic E-state index is 12.0. The summed E-state index contributed by atoms with van der Waals surface area (Å²) < 4.78 is 22.0. The Labute approximate surface area is 340 Å². The first-order chi connectivity index (χ1) is 28.9. The van der Waals surface area contributed by atoms with Gasteiger partial charge >= 0.3 is 5.97 Å². The Hall–Kier alpha value is -7.91. The lowest BCUT2D eigenvalue weighted by Crippen LogP contribution is -2.02. The molecule has 0 spiro atoms. The van der Waals surface area contributed by atoms with E-state index in [-0.39, 0.29) is 0 Å². The Balaban J connectivity index is 1.41. The Bertz CT molecular complexity index is 2930. The first-order valence-corrected chi connectivity index (χ1v) is 19.0. The van der Waals surface area contributed by atoms with Crippen molar-refractivity contribution in [1.82, 2.24) is 19.9 Å². The Kier molecular flexibility index (Phi) is 9.68. The number of benzene rings is 4. The molecule has 2 aliphatic rings. The molecule has 288 valence electrons. The van der Waals surface area contributed by atoms with Gasteiger partial charge in [-0.25, -0.2) is 14.8 Å². The zero-order chi connectivity index (χ0) is 40.5. The lowest BCUT2D eigenvalue weighted by molar-refractivity contribution is -0.128. The summed E-state index contributed by atoms with van der Waals surface area (Å²) in [6.45, 7) is 3.52. The second kappa shape index (κ2) is 15.6. The number of carbonyl (C=O) groups is 1. The summed E-state index contributed by atoms with van der Waals surface area (Å²) in [7, 11) is 4.99. The van der Waals surface area contributed by atoms with Gasteiger partial charge in [0.2, 0.25) is 0 Å². The summed E-state index contributed by atoms with van der Waals surface area (Å²) in [5, 5.41) is 0. The molecule has 0 atom stereocenters. The van der Waals surface area contributed by atoms with Crippen molar-refractivity contribution in [2.75, 3.05) is 21.3 Å². The number of methoxy groups -OCH3 is 3. The van der Waals surface area contributed by atoms with E-state index in [2.05, 4.69) is 65.1 Å². The van der Waals surface area contributed by atoms with Gasteiger partial charge in [0.1, 0.15) is 23.0 Å². The molecule has 3 aromatic heterocycles. The van der Waals surface area contributed by atoms with E-state index in [9.17, 15) is 4.79 Å². The topological polar surface area (TPSA) is 111 Å². The van der Waals surface area contributed by atoms with E-state index < -0.39 is 5.97 Å². The molecule has 0 amide bonds. The van der Waals surface area contributed by atoms with Gasteiger partial charge in [-0.05, 0) is 119 Å². The van der Waals surface area contributed by atoms with E-state index in [1.807, 2.05) is 84.9 Å². The van der Waals surface area contributed by atoms with Gasteiger partial charge in [0.15, 0.2) is 0 Å². The number of rotatable bonds is 9. The van der Waals surface area contributed by atoms with E-state index in [4.69, 9.17) is 28.9 Å². The van der Waals surface area contributed by atoms with Crippen molar-refractivity contribution in [3.63, 3.8) is 0 Å². The number of hydrogen-bond donors (Lipinski definition) is 2. The molecular weight excluding hydrogens is 737 g/mol. The van der Waals surface area contributed by atoms with Gasteiger partial charge in [0.05, 0.1) is 44.1 Å². The Morgan fingerprint density at radius 3 is 0.966 bits per heavy atom. The highest BCUT2D eigenvalue weighted by Crippen LogP contribution is 2.39. The van der Waals surface area contributed by atoms with E-state index in [1.165, 1.54) is 0 Å². The zero-order valence-corrected chi connectivity index (χ0v) is 32.6. The zero-order valence-electron chi connectivity index (χ0n) is 32.6. The highest BCUT2D eigenvalue weighted by molar-refractivity contribution is 6.00. The van der Waals surface area contributed by atoms with E-state index in [0.717, 1.165) is 113 Å². The molecule has 8 bridgehead atoms. The average molecular weight is 775 g/mol. The molecule has 0 fully saturated rings. The second-order valence-electron chi connectivity index (χ2n) is 13.8. The normalized spacial score (nSPS) is 11.6. The van der Waals surface area contributed by atoms with Crippen molar-refractivity contribution >= 4 is 52.3 Å². The van der Waals surface area contributed by atoms with Crippen LogP contribution in [-0.4, -0.2) is 47.2 Å². The summed E-state index contributed by atoms with van der Waals surface area (Å²) in [6.07, 6.45) is 9.36. The van der Waals surface area contributed by atoms with Gasteiger partial charge < -0.3 is 28.9 Å². The number of H-pyrrole nitrogens is 2. The molecule has 2 aliphatic heterocycles. The fourth-order valence-corrected chi connectivity index (χ4v) is 7.54. The van der Waals surface area contributed by atoms with Gasteiger partial charge in [0, 0.05) is 50.4 Å². The number of nitrogens with one attached hydrogen (secondary N) is 2. The number of nitrogens with zero attached hydrogens (tertiary/aromatic N) is 2. The predicted octanol–water partition coefficient (Wildman–Crippen LogP) is 11.4. The van der Waals surface area contributed by atoms with Gasteiger partial charge in [-0.1, -0.05) is 55.1 Å². The largest absolute Gasteiger partial charge is 0.497 e. The monoisotopic (exact) mass is 774 g/mol. The van der Waals surface area contributed by atoms with Crippen LogP contribution in [0.15, 0.2) is 134 Å². The van der Waals surface area contributed by atoms with Gasteiger partial charge in [-0.15, -0.1) is 0 Å². The molecule has 9 heteroatoms. The van der Waals surface area contributed by atoms with Crippen LogP contribution < -0.4 is 18.9 Å². The highest BCUT2D eigenvalue weighted by Gasteiger charge is 2.19. The summed E-state index contributed by atoms with van der Waals surface area (Å²) in [5.74, 6) is 2.16. The number of carbonyl (C=O) groups excluding carboxylic acids is 1. The molecule has 0 saturated heterocycles. The SMILES string of the molecule is C=CC(=O)Oc1ccc(-c2c3nc(c(-c4ccc(OC)cc4)c4ccc([nH]4)c(-c4ccc(OC)cc4)c4nc(c(-c5ccc(OC)cc5)c5ccc2[nH]5)C=C4)C=C3)cc1. The first-order valence-electron chi connectivity index (χ1n) is 19.0. The summed E-state index contributed by atoms with van der Waals surface area (Å²) in [4.78, 5) is 30.3. The van der Waals surface area contributed by atoms with Crippen LogP contribution in [0.1, 0.15) is 22.8 Å². The number of ether oxygens (including phenoxy) is 4. The summed E-state index contributed by atoms with van der Waals surface area (Å²) in [5.41, 5.74) is 14.0. The molecule has 5 heterocycles. The number of aromatic amines is 2. The van der Waals surface area contributed by atoms with E-state index in [1.54, 1.807) is 33.5 Å². The lowest BCUT2D eigenvalue weighted by atomic mass is 10.0. The molecular formula is C50H38N4O5. The van der Waals surface area contributed by atoms with Crippen molar-refractivity contribution in [3.8, 4) is 67.5 Å².